The number of carboxylic acid groups (broad SMARTS) is 1. The van der Waals surface area contributed by atoms with Gasteiger partial charge in [0.15, 0.2) is 0 Å². The predicted octanol–water partition coefficient (Wildman–Crippen LogP) is 4.17. The van der Waals surface area contributed by atoms with Gasteiger partial charge in [0.2, 0.25) is 0 Å². The lowest BCUT2D eigenvalue weighted by Gasteiger charge is -2.08. The maximum absolute atomic E-state index is 11.4. The van der Waals surface area contributed by atoms with Gasteiger partial charge in [-0.2, -0.15) is 0 Å². The van der Waals surface area contributed by atoms with E-state index < -0.39 is 5.97 Å². The molecule has 0 saturated carbocycles. The average Bonchev–Trinajstić information content (AvgIpc) is 3.01. The molecule has 1 N–H and O–H groups in total. The van der Waals surface area contributed by atoms with E-state index in [0.717, 1.165) is 17.5 Å². The molecule has 0 radical (unpaired) electrons. The quantitative estimate of drug-likeness (QED) is 0.769. The Hall–Kier alpha value is -2.94. The van der Waals surface area contributed by atoms with Crippen LogP contribution in [0.2, 0.25) is 0 Å². The highest BCUT2D eigenvalue weighted by molar-refractivity contribution is 6.03. The van der Waals surface area contributed by atoms with Gasteiger partial charge in [-0.3, -0.25) is 4.98 Å². The lowest BCUT2D eigenvalue weighted by Crippen LogP contribution is -1.98. The Bertz CT molecular complexity index is 941. The van der Waals surface area contributed by atoms with E-state index in [1.54, 1.807) is 6.07 Å². The molecule has 2 aromatic carbocycles. The Kier molecular flexibility index (Phi) is 2.79. The van der Waals surface area contributed by atoms with E-state index in [2.05, 4.69) is 35.3 Å². The number of aromatic nitrogens is 1. The summed E-state index contributed by atoms with van der Waals surface area (Å²) >= 11 is 0. The molecule has 0 amide bonds. The first-order valence-corrected chi connectivity index (χ1v) is 7.14. The minimum atomic E-state index is -0.929. The summed E-state index contributed by atoms with van der Waals surface area (Å²) in [6.07, 6.45) is 6.80. The molecule has 4 rings (SSSR count). The summed E-state index contributed by atoms with van der Waals surface area (Å²) in [7, 11) is 0. The van der Waals surface area contributed by atoms with Gasteiger partial charge in [0.25, 0.3) is 0 Å². The largest absolute Gasteiger partial charge is 0.478 e. The Morgan fingerprint density at radius 2 is 1.86 bits per heavy atom. The van der Waals surface area contributed by atoms with E-state index in [-0.39, 0.29) is 5.56 Å². The standard InChI is InChI=1S/C19H13NO2/c21-19(22)16-8-9-20-18-7-6-15(11-17(16)18)14-5-4-12-2-1-3-13(12)10-14/h1,3-11H,2H2,(H,21,22). The first kappa shape index (κ1) is 12.8. The molecule has 1 aliphatic carbocycles. The maximum atomic E-state index is 11.4. The average molecular weight is 287 g/mol. The van der Waals surface area contributed by atoms with Crippen molar-refractivity contribution in [3.63, 3.8) is 0 Å². The highest BCUT2D eigenvalue weighted by Gasteiger charge is 2.11. The summed E-state index contributed by atoms with van der Waals surface area (Å²) in [5.41, 5.74) is 5.65. The van der Waals surface area contributed by atoms with Crippen LogP contribution in [0.15, 0.2) is 54.7 Å². The minimum absolute atomic E-state index is 0.285. The Labute approximate surface area is 127 Å². The summed E-state index contributed by atoms with van der Waals surface area (Å²) in [4.78, 5) is 15.6. The number of carboxylic acids is 1. The molecule has 1 heterocycles. The summed E-state index contributed by atoms with van der Waals surface area (Å²) < 4.78 is 0. The van der Waals surface area contributed by atoms with Crippen LogP contribution in [-0.4, -0.2) is 16.1 Å². The Morgan fingerprint density at radius 3 is 2.73 bits per heavy atom. The van der Waals surface area contributed by atoms with Gasteiger partial charge in [-0.15, -0.1) is 0 Å². The second-order valence-electron chi connectivity index (χ2n) is 5.42. The van der Waals surface area contributed by atoms with Gasteiger partial charge in [-0.25, -0.2) is 4.79 Å². The number of allylic oxidation sites excluding steroid dienone is 1. The van der Waals surface area contributed by atoms with Crippen molar-refractivity contribution in [2.45, 2.75) is 6.42 Å². The van der Waals surface area contributed by atoms with E-state index in [1.165, 1.54) is 17.3 Å². The molecule has 0 bridgehead atoms. The molecule has 106 valence electrons. The number of fused-ring (bicyclic) bond motifs is 2. The van der Waals surface area contributed by atoms with E-state index >= 15 is 0 Å². The van der Waals surface area contributed by atoms with Crippen LogP contribution >= 0.6 is 0 Å². The van der Waals surface area contributed by atoms with Crippen LogP contribution in [0.5, 0.6) is 0 Å². The van der Waals surface area contributed by atoms with Crippen molar-refractivity contribution in [3.05, 3.63) is 71.4 Å². The van der Waals surface area contributed by atoms with Crippen molar-refractivity contribution in [3.8, 4) is 11.1 Å². The zero-order valence-electron chi connectivity index (χ0n) is 11.8. The number of carbonyl (C=O) groups is 1. The second kappa shape index (κ2) is 4.81. The fourth-order valence-corrected chi connectivity index (χ4v) is 2.94. The predicted molar refractivity (Wildman–Crippen MR) is 86.9 cm³/mol. The van der Waals surface area contributed by atoms with Crippen molar-refractivity contribution >= 4 is 22.9 Å². The second-order valence-corrected chi connectivity index (χ2v) is 5.42. The van der Waals surface area contributed by atoms with Gasteiger partial charge >= 0.3 is 5.97 Å². The molecule has 3 nitrogen and oxygen atoms in total. The maximum Gasteiger partial charge on any atom is 0.336 e. The van der Waals surface area contributed by atoms with Gasteiger partial charge in [-0.1, -0.05) is 30.4 Å². The van der Waals surface area contributed by atoms with Crippen LogP contribution in [0, 0.1) is 0 Å². The Morgan fingerprint density at radius 1 is 1.05 bits per heavy atom. The molecule has 3 heteroatoms. The molecule has 0 unspecified atom stereocenters. The van der Waals surface area contributed by atoms with Crippen molar-refractivity contribution in [2.75, 3.05) is 0 Å². The summed E-state index contributed by atoms with van der Waals surface area (Å²) in [5.74, 6) is -0.929. The van der Waals surface area contributed by atoms with Crippen LogP contribution in [0.4, 0.5) is 0 Å². The highest BCUT2D eigenvalue weighted by atomic mass is 16.4. The molecule has 0 spiro atoms. The summed E-state index contributed by atoms with van der Waals surface area (Å²) in [6.45, 7) is 0. The third-order valence-corrected chi connectivity index (χ3v) is 4.09. The van der Waals surface area contributed by atoms with Gasteiger partial charge in [0.05, 0.1) is 11.1 Å². The van der Waals surface area contributed by atoms with E-state index in [4.69, 9.17) is 0 Å². The normalized spacial score (nSPS) is 12.5. The number of rotatable bonds is 2. The highest BCUT2D eigenvalue weighted by Crippen LogP contribution is 2.29. The topological polar surface area (TPSA) is 50.2 Å². The van der Waals surface area contributed by atoms with E-state index in [1.807, 2.05) is 18.2 Å². The van der Waals surface area contributed by atoms with Crippen LogP contribution in [0.3, 0.4) is 0 Å². The molecule has 22 heavy (non-hydrogen) atoms. The van der Waals surface area contributed by atoms with Crippen molar-refractivity contribution in [2.24, 2.45) is 0 Å². The van der Waals surface area contributed by atoms with Crippen LogP contribution in [0.25, 0.3) is 28.1 Å². The molecular weight excluding hydrogens is 274 g/mol. The van der Waals surface area contributed by atoms with Gasteiger partial charge in [0, 0.05) is 11.6 Å². The third kappa shape index (κ3) is 1.99. The number of nitrogens with zero attached hydrogens (tertiary/aromatic N) is 1. The molecule has 0 aliphatic heterocycles. The molecule has 3 aromatic rings. The monoisotopic (exact) mass is 287 g/mol. The fourth-order valence-electron chi connectivity index (χ4n) is 2.94. The summed E-state index contributed by atoms with van der Waals surface area (Å²) in [6, 6.07) is 13.7. The van der Waals surface area contributed by atoms with Gasteiger partial charge in [0.1, 0.15) is 0 Å². The van der Waals surface area contributed by atoms with Crippen LogP contribution in [-0.2, 0) is 6.42 Å². The molecular formula is C19H13NO2. The zero-order valence-corrected chi connectivity index (χ0v) is 11.8. The zero-order chi connectivity index (χ0) is 15.1. The lowest BCUT2D eigenvalue weighted by atomic mass is 9.98. The minimum Gasteiger partial charge on any atom is -0.478 e. The lowest BCUT2D eigenvalue weighted by molar-refractivity contribution is 0.0699. The SMILES string of the molecule is O=C(O)c1ccnc2ccc(-c3ccc4c(c3)C=CC4)cc12. The molecule has 1 aliphatic rings. The number of hydrogen-bond acceptors (Lipinski definition) is 2. The van der Waals surface area contributed by atoms with E-state index in [9.17, 15) is 9.90 Å². The number of benzene rings is 2. The number of hydrogen-bond donors (Lipinski definition) is 1. The fraction of sp³-hybridized carbons (Fsp3) is 0.0526. The molecule has 1 aromatic heterocycles. The van der Waals surface area contributed by atoms with Crippen LogP contribution in [0.1, 0.15) is 21.5 Å². The smallest absolute Gasteiger partial charge is 0.336 e. The summed E-state index contributed by atoms with van der Waals surface area (Å²) in [5, 5.41) is 10.0. The van der Waals surface area contributed by atoms with Crippen molar-refractivity contribution < 1.29 is 9.90 Å². The number of aromatic carboxylic acids is 1. The molecule has 0 saturated heterocycles. The third-order valence-electron chi connectivity index (χ3n) is 4.09. The van der Waals surface area contributed by atoms with Crippen molar-refractivity contribution in [1.29, 1.82) is 0 Å². The first-order valence-electron chi connectivity index (χ1n) is 7.14. The Balaban J connectivity index is 1.91. The number of pyridine rings is 1. The van der Waals surface area contributed by atoms with Gasteiger partial charge in [-0.05, 0) is 52.9 Å². The van der Waals surface area contributed by atoms with Crippen molar-refractivity contribution in [1.82, 2.24) is 4.98 Å². The van der Waals surface area contributed by atoms with Gasteiger partial charge < -0.3 is 5.11 Å². The van der Waals surface area contributed by atoms with Crippen LogP contribution < -0.4 is 0 Å². The molecule has 0 fully saturated rings. The first-order chi connectivity index (χ1) is 10.7. The molecule has 0 atom stereocenters. The van der Waals surface area contributed by atoms with E-state index in [0.29, 0.717) is 10.9 Å².